The third-order valence-electron chi connectivity index (χ3n) is 5.57. The lowest BCUT2D eigenvalue weighted by atomic mass is 10.1. The van der Waals surface area contributed by atoms with Crippen LogP contribution in [0.5, 0.6) is 0 Å². The van der Waals surface area contributed by atoms with Crippen LogP contribution in [0.3, 0.4) is 0 Å². The van der Waals surface area contributed by atoms with Crippen molar-refractivity contribution in [3.8, 4) is 0 Å². The number of aromatic nitrogens is 3. The van der Waals surface area contributed by atoms with Crippen LogP contribution in [0.2, 0.25) is 0 Å². The molecule has 1 aromatic carbocycles. The van der Waals surface area contributed by atoms with Crippen LogP contribution in [0.15, 0.2) is 35.3 Å². The number of aryl methyl sites for hydroxylation is 1. The number of ether oxygens (including phenoxy) is 1. The van der Waals surface area contributed by atoms with Gasteiger partial charge in [-0.2, -0.15) is 0 Å². The molecule has 2 heterocycles. The first-order valence-electron chi connectivity index (χ1n) is 11.3. The second kappa shape index (κ2) is 11.8. The Bertz CT molecular complexity index is 929. The first-order chi connectivity index (χ1) is 14.3. The molecule has 0 fully saturated rings. The van der Waals surface area contributed by atoms with E-state index in [4.69, 9.17) is 4.74 Å². The molecule has 0 bridgehead atoms. The van der Waals surface area contributed by atoms with E-state index in [9.17, 15) is 4.79 Å². The molecule has 0 saturated carbocycles. The van der Waals surface area contributed by atoms with Crippen molar-refractivity contribution in [2.75, 3.05) is 13.2 Å². The molecule has 0 aliphatic carbocycles. The molecule has 158 valence electrons. The normalized spacial score (nSPS) is 11.6. The Balaban J connectivity index is 1.35. The fourth-order valence-corrected chi connectivity index (χ4v) is 3.92. The Morgan fingerprint density at radius 2 is 1.62 bits per heavy atom. The molecule has 0 atom stereocenters. The van der Waals surface area contributed by atoms with E-state index in [0.29, 0.717) is 0 Å². The van der Waals surface area contributed by atoms with Crippen LogP contribution in [0.1, 0.15) is 71.1 Å². The fourth-order valence-electron chi connectivity index (χ4n) is 3.92. The molecular weight excluding hydrogens is 362 g/mol. The number of unbranched alkanes of at least 4 members (excludes halogenated alkanes) is 8. The predicted octanol–water partition coefficient (Wildman–Crippen LogP) is 5.82. The Hall–Kier alpha value is -2.14. The van der Waals surface area contributed by atoms with E-state index < -0.39 is 0 Å². The van der Waals surface area contributed by atoms with Gasteiger partial charge in [0.25, 0.3) is 0 Å². The number of nitrogens with one attached hydrogen (secondary N) is 1. The lowest BCUT2D eigenvalue weighted by Gasteiger charge is -2.06. The van der Waals surface area contributed by atoms with Crippen LogP contribution >= 0.6 is 0 Å². The second-order valence-electron chi connectivity index (χ2n) is 7.91. The molecule has 0 spiro atoms. The second-order valence-corrected chi connectivity index (χ2v) is 7.91. The number of pyridine rings is 1. The molecule has 3 rings (SSSR count). The van der Waals surface area contributed by atoms with Crippen molar-refractivity contribution in [3.05, 3.63) is 40.9 Å². The van der Waals surface area contributed by atoms with Crippen LogP contribution in [-0.4, -0.2) is 27.7 Å². The number of aromatic amines is 1. The van der Waals surface area contributed by atoms with Gasteiger partial charge < -0.3 is 9.72 Å². The highest BCUT2D eigenvalue weighted by molar-refractivity contribution is 6.01. The Kier molecular flexibility index (Phi) is 8.75. The summed E-state index contributed by atoms with van der Waals surface area (Å²) in [7, 11) is 0. The van der Waals surface area contributed by atoms with Gasteiger partial charge >= 0.3 is 5.69 Å². The number of hydrogen-bond acceptors (Lipinski definition) is 3. The SMILES string of the molecule is CCCCCCOCCCCCCCCn1c(=O)[nH]c2cnc3ccccc3c21. The number of para-hydroxylation sites is 1. The standard InChI is InChI=1S/C24H35N3O2/c1-2-3-4-12-17-29-18-13-8-6-5-7-11-16-27-23-20-14-9-10-15-21(20)25-19-22(23)26-24(27)28/h9-10,14-15,19H,2-8,11-13,16-18H2,1H3,(H,26,28). The maximum absolute atomic E-state index is 12.4. The topological polar surface area (TPSA) is 59.9 Å². The molecule has 3 aromatic rings. The third-order valence-corrected chi connectivity index (χ3v) is 5.57. The van der Waals surface area contributed by atoms with Crippen molar-refractivity contribution in [1.29, 1.82) is 0 Å². The van der Waals surface area contributed by atoms with Gasteiger partial charge in [0.15, 0.2) is 0 Å². The molecule has 0 amide bonds. The van der Waals surface area contributed by atoms with Gasteiger partial charge in [-0.15, -0.1) is 0 Å². The minimum atomic E-state index is -0.0331. The zero-order valence-electron chi connectivity index (χ0n) is 17.8. The lowest BCUT2D eigenvalue weighted by molar-refractivity contribution is 0.125. The highest BCUT2D eigenvalue weighted by Gasteiger charge is 2.10. The molecule has 2 aromatic heterocycles. The molecule has 29 heavy (non-hydrogen) atoms. The molecule has 5 nitrogen and oxygen atoms in total. The summed E-state index contributed by atoms with van der Waals surface area (Å²) in [5.74, 6) is 0. The summed E-state index contributed by atoms with van der Waals surface area (Å²) in [6.45, 7) is 4.81. The van der Waals surface area contributed by atoms with Gasteiger partial charge in [0.2, 0.25) is 0 Å². The van der Waals surface area contributed by atoms with Gasteiger partial charge in [0.1, 0.15) is 0 Å². The number of imidazole rings is 1. The Morgan fingerprint density at radius 1 is 0.931 bits per heavy atom. The summed E-state index contributed by atoms with van der Waals surface area (Å²) >= 11 is 0. The maximum atomic E-state index is 12.4. The average Bonchev–Trinajstić information content (AvgIpc) is 3.07. The van der Waals surface area contributed by atoms with E-state index in [2.05, 4.69) is 16.9 Å². The zero-order valence-corrected chi connectivity index (χ0v) is 17.8. The van der Waals surface area contributed by atoms with Crippen molar-refractivity contribution in [2.24, 2.45) is 0 Å². The molecule has 0 aliphatic heterocycles. The minimum absolute atomic E-state index is 0.0331. The van der Waals surface area contributed by atoms with E-state index in [1.807, 2.05) is 28.8 Å². The van der Waals surface area contributed by atoms with Crippen LogP contribution < -0.4 is 5.69 Å². The van der Waals surface area contributed by atoms with Crippen molar-refractivity contribution < 1.29 is 4.74 Å². The van der Waals surface area contributed by atoms with Crippen LogP contribution in [-0.2, 0) is 11.3 Å². The minimum Gasteiger partial charge on any atom is -0.381 e. The van der Waals surface area contributed by atoms with Crippen molar-refractivity contribution in [2.45, 2.75) is 77.7 Å². The summed E-state index contributed by atoms with van der Waals surface area (Å²) in [6.07, 6.45) is 13.9. The van der Waals surface area contributed by atoms with Gasteiger partial charge in [-0.25, -0.2) is 4.79 Å². The van der Waals surface area contributed by atoms with Crippen LogP contribution in [0, 0.1) is 0 Å². The number of benzene rings is 1. The number of hydrogen-bond donors (Lipinski definition) is 1. The van der Waals surface area contributed by atoms with Crippen molar-refractivity contribution in [3.63, 3.8) is 0 Å². The van der Waals surface area contributed by atoms with E-state index >= 15 is 0 Å². The quantitative estimate of drug-likeness (QED) is 0.349. The molecule has 5 heteroatoms. The fraction of sp³-hybridized carbons (Fsp3) is 0.583. The predicted molar refractivity (Wildman–Crippen MR) is 121 cm³/mol. The molecule has 0 saturated heterocycles. The highest BCUT2D eigenvalue weighted by atomic mass is 16.5. The smallest absolute Gasteiger partial charge is 0.326 e. The summed E-state index contributed by atoms with van der Waals surface area (Å²) in [5, 5.41) is 1.04. The summed E-state index contributed by atoms with van der Waals surface area (Å²) in [4.78, 5) is 19.8. The van der Waals surface area contributed by atoms with Gasteiger partial charge in [0, 0.05) is 25.1 Å². The molecule has 1 N–H and O–H groups in total. The molecule has 0 aliphatic rings. The van der Waals surface area contributed by atoms with E-state index in [-0.39, 0.29) is 5.69 Å². The summed E-state index contributed by atoms with van der Waals surface area (Å²) in [6, 6.07) is 8.01. The largest absolute Gasteiger partial charge is 0.381 e. The zero-order chi connectivity index (χ0) is 20.3. The molecular formula is C24H35N3O2. The number of nitrogens with zero attached hydrogens (tertiary/aromatic N) is 2. The van der Waals surface area contributed by atoms with Gasteiger partial charge in [-0.1, -0.05) is 70.1 Å². The first-order valence-corrected chi connectivity index (χ1v) is 11.3. The van der Waals surface area contributed by atoms with Crippen LogP contribution in [0.25, 0.3) is 21.9 Å². The van der Waals surface area contributed by atoms with E-state index in [0.717, 1.165) is 61.0 Å². The molecule has 0 unspecified atom stereocenters. The Morgan fingerprint density at radius 3 is 2.41 bits per heavy atom. The van der Waals surface area contributed by atoms with Gasteiger partial charge in [0.05, 0.1) is 22.7 Å². The van der Waals surface area contributed by atoms with Crippen LogP contribution in [0.4, 0.5) is 0 Å². The maximum Gasteiger partial charge on any atom is 0.326 e. The lowest BCUT2D eigenvalue weighted by Crippen LogP contribution is -2.16. The Labute approximate surface area is 173 Å². The van der Waals surface area contributed by atoms with Crippen molar-refractivity contribution >= 4 is 21.9 Å². The number of rotatable bonds is 14. The summed E-state index contributed by atoms with van der Waals surface area (Å²) < 4.78 is 7.58. The highest BCUT2D eigenvalue weighted by Crippen LogP contribution is 2.21. The third kappa shape index (κ3) is 6.17. The average molecular weight is 398 g/mol. The van der Waals surface area contributed by atoms with E-state index in [1.165, 1.54) is 44.9 Å². The van der Waals surface area contributed by atoms with E-state index in [1.54, 1.807) is 6.20 Å². The molecule has 0 radical (unpaired) electrons. The summed E-state index contributed by atoms with van der Waals surface area (Å²) in [5.41, 5.74) is 2.70. The monoisotopic (exact) mass is 397 g/mol. The van der Waals surface area contributed by atoms with Gasteiger partial charge in [-0.05, 0) is 25.3 Å². The number of fused-ring (bicyclic) bond motifs is 3. The first kappa shape index (κ1) is 21.6. The number of H-pyrrole nitrogens is 1. The van der Waals surface area contributed by atoms with Gasteiger partial charge in [-0.3, -0.25) is 9.55 Å². The van der Waals surface area contributed by atoms with Crippen molar-refractivity contribution in [1.82, 2.24) is 14.5 Å².